The Morgan fingerprint density at radius 1 is 1.41 bits per heavy atom. The minimum absolute atomic E-state index is 0.0600. The number of anilines is 1. The highest BCUT2D eigenvalue weighted by molar-refractivity contribution is 7.07. The summed E-state index contributed by atoms with van der Waals surface area (Å²) >= 11 is 1.57. The van der Waals surface area contributed by atoms with E-state index in [2.05, 4.69) is 27.8 Å². The lowest BCUT2D eigenvalue weighted by Gasteiger charge is -2.18. The van der Waals surface area contributed by atoms with Gasteiger partial charge in [-0.25, -0.2) is 4.68 Å². The minimum atomic E-state index is -0.136. The Hall–Kier alpha value is -2.67. The van der Waals surface area contributed by atoms with Gasteiger partial charge in [0, 0.05) is 23.7 Å². The molecule has 2 aromatic rings. The van der Waals surface area contributed by atoms with Crippen molar-refractivity contribution in [3.63, 3.8) is 0 Å². The molecule has 1 N–H and O–H groups in total. The van der Waals surface area contributed by atoms with Crippen molar-refractivity contribution < 1.29 is 9.53 Å². The fraction of sp³-hybridized carbons (Fsp3) is 0.350. The maximum absolute atomic E-state index is 11.6. The van der Waals surface area contributed by atoms with Crippen molar-refractivity contribution >= 4 is 29.1 Å². The van der Waals surface area contributed by atoms with Crippen LogP contribution in [0.4, 0.5) is 5.69 Å². The summed E-state index contributed by atoms with van der Waals surface area (Å²) in [5.41, 5.74) is 2.61. The van der Waals surface area contributed by atoms with E-state index in [1.807, 2.05) is 36.0 Å². The normalized spacial score (nSPS) is 19.8. The first kappa shape index (κ1) is 17.7. The van der Waals surface area contributed by atoms with Gasteiger partial charge in [0.05, 0.1) is 11.4 Å². The Morgan fingerprint density at radius 3 is 3.15 bits per heavy atom. The third-order valence-electron chi connectivity index (χ3n) is 4.59. The highest BCUT2D eigenvalue weighted by Crippen LogP contribution is 2.33. The van der Waals surface area contributed by atoms with Crippen LogP contribution in [0.3, 0.4) is 0 Å². The molecule has 6 nitrogen and oxygen atoms in total. The Labute approximate surface area is 161 Å². The molecule has 2 aliphatic rings. The Kier molecular flexibility index (Phi) is 5.20. The minimum Gasteiger partial charge on any atom is -0.482 e. The lowest BCUT2D eigenvalue weighted by atomic mass is 9.96. The molecule has 1 aromatic heterocycles. The van der Waals surface area contributed by atoms with Crippen LogP contribution in [0, 0.1) is 5.92 Å². The Bertz CT molecular complexity index is 971. The molecule has 1 unspecified atom stereocenters. The number of benzene rings is 1. The summed E-state index contributed by atoms with van der Waals surface area (Å²) < 4.78 is 7.36. The molecule has 0 radical (unpaired) electrons. The molecule has 7 heteroatoms. The zero-order chi connectivity index (χ0) is 18.6. The van der Waals surface area contributed by atoms with Gasteiger partial charge in [-0.1, -0.05) is 12.2 Å². The summed E-state index contributed by atoms with van der Waals surface area (Å²) in [5, 5.41) is 9.69. The lowest BCUT2D eigenvalue weighted by Crippen LogP contribution is -2.25. The summed E-state index contributed by atoms with van der Waals surface area (Å²) in [6.07, 6.45) is 9.76. The van der Waals surface area contributed by atoms with Gasteiger partial charge in [-0.05, 0) is 50.3 Å². The van der Waals surface area contributed by atoms with E-state index in [9.17, 15) is 4.79 Å². The number of ether oxygens (including phenoxy) is 1. The highest BCUT2D eigenvalue weighted by atomic mass is 32.1. The van der Waals surface area contributed by atoms with Crippen LogP contribution in [0.5, 0.6) is 5.75 Å². The number of thiazole rings is 1. The molecule has 0 fully saturated rings. The molecule has 0 bridgehead atoms. The predicted octanol–water partition coefficient (Wildman–Crippen LogP) is 3.66. The number of rotatable bonds is 4. The molecule has 1 atom stereocenters. The van der Waals surface area contributed by atoms with E-state index < -0.39 is 0 Å². The van der Waals surface area contributed by atoms with Crippen LogP contribution >= 0.6 is 11.3 Å². The van der Waals surface area contributed by atoms with Crippen LogP contribution in [0.25, 0.3) is 11.3 Å². The molecular weight excluding hydrogens is 360 g/mol. The van der Waals surface area contributed by atoms with Gasteiger partial charge >= 0.3 is 0 Å². The zero-order valence-corrected chi connectivity index (χ0v) is 16.0. The maximum atomic E-state index is 11.6. The molecule has 1 aliphatic heterocycles. The molecular formula is C20H22N4O2S. The van der Waals surface area contributed by atoms with Crippen LogP contribution in [0.1, 0.15) is 26.2 Å². The van der Waals surface area contributed by atoms with Gasteiger partial charge in [0.2, 0.25) is 4.80 Å². The van der Waals surface area contributed by atoms with E-state index >= 15 is 0 Å². The fourth-order valence-corrected chi connectivity index (χ4v) is 4.11. The van der Waals surface area contributed by atoms with Gasteiger partial charge in [0.1, 0.15) is 5.75 Å². The summed E-state index contributed by atoms with van der Waals surface area (Å²) in [6, 6.07) is 5.81. The number of carbonyl (C=O) groups excluding carboxylic acids is 1. The molecule has 4 rings (SSSR count). The molecule has 0 spiro atoms. The van der Waals surface area contributed by atoms with Crippen LogP contribution in [0.2, 0.25) is 0 Å². The van der Waals surface area contributed by atoms with Crippen molar-refractivity contribution in [1.82, 2.24) is 4.68 Å². The van der Waals surface area contributed by atoms with Crippen LogP contribution < -0.4 is 14.9 Å². The van der Waals surface area contributed by atoms with Crippen LogP contribution in [0.15, 0.2) is 45.8 Å². The number of nitrogens with one attached hydrogen (secondary N) is 1. The maximum Gasteiger partial charge on any atom is 0.262 e. The smallest absolute Gasteiger partial charge is 0.262 e. The Morgan fingerprint density at radius 2 is 2.33 bits per heavy atom. The second kappa shape index (κ2) is 7.92. The van der Waals surface area contributed by atoms with Crippen molar-refractivity contribution in [2.75, 3.05) is 18.5 Å². The monoisotopic (exact) mass is 382 g/mol. The number of amides is 1. The molecule has 1 aliphatic carbocycles. The summed E-state index contributed by atoms with van der Waals surface area (Å²) in [6.45, 7) is 2.78. The van der Waals surface area contributed by atoms with Crippen molar-refractivity contribution in [2.24, 2.45) is 16.0 Å². The van der Waals surface area contributed by atoms with E-state index in [0.717, 1.165) is 35.3 Å². The van der Waals surface area contributed by atoms with Gasteiger partial charge in [0.15, 0.2) is 6.61 Å². The number of nitrogens with zero attached hydrogens (tertiary/aromatic N) is 3. The van der Waals surface area contributed by atoms with Crippen LogP contribution in [-0.2, 0) is 4.79 Å². The average molecular weight is 382 g/mol. The highest BCUT2D eigenvalue weighted by Gasteiger charge is 2.18. The third-order valence-corrected chi connectivity index (χ3v) is 5.44. The summed E-state index contributed by atoms with van der Waals surface area (Å²) in [5.74, 6) is 1.01. The van der Waals surface area contributed by atoms with Gasteiger partial charge in [-0.15, -0.1) is 11.3 Å². The van der Waals surface area contributed by atoms with E-state index in [1.165, 1.54) is 0 Å². The number of allylic oxidation sites excluding steroid dienone is 2. The van der Waals surface area contributed by atoms with Crippen molar-refractivity contribution in [1.29, 1.82) is 0 Å². The molecule has 2 heterocycles. The van der Waals surface area contributed by atoms with Crippen molar-refractivity contribution in [3.05, 3.63) is 40.5 Å². The Balaban J connectivity index is 1.72. The van der Waals surface area contributed by atoms with Crippen molar-refractivity contribution in [3.8, 4) is 17.0 Å². The molecule has 140 valence electrons. The second-order valence-electron chi connectivity index (χ2n) is 6.55. The fourth-order valence-electron chi connectivity index (χ4n) is 3.21. The van der Waals surface area contributed by atoms with Gasteiger partial charge in [-0.3, -0.25) is 9.79 Å². The van der Waals surface area contributed by atoms with Gasteiger partial charge in [-0.2, -0.15) is 5.10 Å². The second-order valence-corrected chi connectivity index (χ2v) is 7.38. The van der Waals surface area contributed by atoms with E-state index in [1.54, 1.807) is 11.3 Å². The lowest BCUT2D eigenvalue weighted by molar-refractivity contribution is -0.118. The SMILES string of the molecule is CCN=c1scc(-c2ccc3c(c2)NC(=O)CO3)n1N=CC1CC=CCC1. The first-order chi connectivity index (χ1) is 13.2. The topological polar surface area (TPSA) is 68.0 Å². The van der Waals surface area contributed by atoms with E-state index in [-0.39, 0.29) is 12.5 Å². The van der Waals surface area contributed by atoms with Crippen LogP contribution in [-0.4, -0.2) is 29.9 Å². The standard InChI is InChI=1S/C20H22N4O2S/c1-2-21-20-24(22-11-14-6-4-3-5-7-14)17(13-27-20)15-8-9-18-16(10-15)23-19(25)12-26-18/h3-4,8-11,13-14H,2,5-7,12H2,1H3,(H,23,25). The first-order valence-electron chi connectivity index (χ1n) is 9.22. The summed E-state index contributed by atoms with van der Waals surface area (Å²) in [4.78, 5) is 17.1. The average Bonchev–Trinajstić information content (AvgIpc) is 3.09. The van der Waals surface area contributed by atoms with Gasteiger partial charge in [0.25, 0.3) is 5.91 Å². The van der Waals surface area contributed by atoms with Gasteiger partial charge < -0.3 is 10.1 Å². The van der Waals surface area contributed by atoms with E-state index in [4.69, 9.17) is 9.84 Å². The zero-order valence-electron chi connectivity index (χ0n) is 15.2. The number of fused-ring (bicyclic) bond motifs is 1. The number of carbonyl (C=O) groups is 1. The molecule has 0 saturated heterocycles. The van der Waals surface area contributed by atoms with E-state index in [0.29, 0.717) is 23.9 Å². The molecule has 0 saturated carbocycles. The molecule has 1 amide bonds. The van der Waals surface area contributed by atoms with Crippen molar-refractivity contribution in [2.45, 2.75) is 26.2 Å². The molecule has 1 aromatic carbocycles. The number of hydrogen-bond acceptors (Lipinski definition) is 5. The third kappa shape index (κ3) is 3.88. The largest absolute Gasteiger partial charge is 0.482 e. The number of aromatic nitrogens is 1. The predicted molar refractivity (Wildman–Crippen MR) is 108 cm³/mol. The first-order valence-corrected chi connectivity index (χ1v) is 10.1. The quantitative estimate of drug-likeness (QED) is 0.648. The number of hydrogen-bond donors (Lipinski definition) is 1. The molecule has 27 heavy (non-hydrogen) atoms. The summed E-state index contributed by atoms with van der Waals surface area (Å²) in [7, 11) is 0.